The zero-order valence-corrected chi connectivity index (χ0v) is 26.0. The molecule has 0 spiro atoms. The molecule has 236 valence electrons. The Morgan fingerprint density at radius 1 is 0.978 bits per heavy atom. The van der Waals surface area contributed by atoms with Crippen LogP contribution in [0.1, 0.15) is 66.1 Å². The second-order valence-electron chi connectivity index (χ2n) is 11.7. The van der Waals surface area contributed by atoms with Crippen molar-refractivity contribution >= 4 is 17.7 Å². The molecule has 2 aromatic carbocycles. The highest BCUT2D eigenvalue weighted by Crippen LogP contribution is 2.23. The summed E-state index contributed by atoms with van der Waals surface area (Å²) < 4.78 is 15.2. The normalized spacial score (nSPS) is 18.2. The SMILES string of the molecule is Cc1nc2n(n1)CCN(C(=O)c1nc(-c3ccc(F)cc3)[nH]c1C)CCCC(=O)N[C@@H](Cc1ccccc1)C(=O)N[C@@H]2C(C)C. The number of hydrogen-bond donors (Lipinski definition) is 3. The first-order valence-corrected chi connectivity index (χ1v) is 15.3. The number of aryl methyl sites for hydroxylation is 2. The third kappa shape index (κ3) is 7.62. The number of aromatic nitrogens is 5. The molecule has 1 aliphatic heterocycles. The fraction of sp³-hybridized carbons (Fsp3) is 0.394. The number of carbonyl (C=O) groups excluding carboxylic acids is 3. The molecule has 11 nitrogen and oxygen atoms in total. The summed E-state index contributed by atoms with van der Waals surface area (Å²) in [6.07, 6.45) is 0.835. The largest absolute Gasteiger partial charge is 0.344 e. The first-order chi connectivity index (χ1) is 21.6. The van der Waals surface area contributed by atoms with Gasteiger partial charge in [0.1, 0.15) is 35.0 Å². The molecule has 0 saturated heterocycles. The van der Waals surface area contributed by atoms with Gasteiger partial charge in [-0.25, -0.2) is 19.0 Å². The van der Waals surface area contributed by atoms with Crippen molar-refractivity contribution in [2.45, 2.75) is 65.6 Å². The summed E-state index contributed by atoms with van der Waals surface area (Å²) in [6.45, 7) is 8.44. The Morgan fingerprint density at radius 3 is 2.42 bits per heavy atom. The summed E-state index contributed by atoms with van der Waals surface area (Å²) in [4.78, 5) is 54.7. The van der Waals surface area contributed by atoms with Crippen molar-refractivity contribution in [1.29, 1.82) is 0 Å². The zero-order valence-electron chi connectivity index (χ0n) is 26.0. The van der Waals surface area contributed by atoms with Gasteiger partial charge in [0.25, 0.3) is 5.91 Å². The monoisotopic (exact) mass is 614 g/mol. The molecule has 4 aromatic rings. The molecule has 45 heavy (non-hydrogen) atoms. The summed E-state index contributed by atoms with van der Waals surface area (Å²) in [5.74, 6) is 0.342. The molecule has 3 heterocycles. The van der Waals surface area contributed by atoms with Crippen molar-refractivity contribution in [2.24, 2.45) is 5.92 Å². The minimum absolute atomic E-state index is 0.0356. The van der Waals surface area contributed by atoms with E-state index in [1.165, 1.54) is 12.1 Å². The van der Waals surface area contributed by atoms with Crippen LogP contribution in [-0.4, -0.2) is 66.5 Å². The van der Waals surface area contributed by atoms with Gasteiger partial charge < -0.3 is 20.5 Å². The van der Waals surface area contributed by atoms with Gasteiger partial charge in [0.2, 0.25) is 11.8 Å². The third-order valence-corrected chi connectivity index (χ3v) is 7.89. The van der Waals surface area contributed by atoms with E-state index in [4.69, 9.17) is 0 Å². The quantitative estimate of drug-likeness (QED) is 0.312. The molecular formula is C33H39FN8O3. The van der Waals surface area contributed by atoms with Crippen LogP contribution >= 0.6 is 0 Å². The van der Waals surface area contributed by atoms with Crippen LogP contribution in [0.15, 0.2) is 54.6 Å². The number of nitrogens with one attached hydrogen (secondary N) is 3. The van der Waals surface area contributed by atoms with E-state index < -0.39 is 12.1 Å². The zero-order chi connectivity index (χ0) is 32.1. The third-order valence-electron chi connectivity index (χ3n) is 7.89. The van der Waals surface area contributed by atoms with Gasteiger partial charge in [-0.2, -0.15) is 5.10 Å². The molecule has 0 unspecified atom stereocenters. The maximum atomic E-state index is 13.9. The van der Waals surface area contributed by atoms with Gasteiger partial charge in [0, 0.05) is 37.2 Å². The number of fused-ring (bicyclic) bond motifs is 1. The van der Waals surface area contributed by atoms with Crippen LogP contribution in [-0.2, 0) is 22.6 Å². The molecule has 0 saturated carbocycles. The molecule has 2 aromatic heterocycles. The molecule has 0 radical (unpaired) electrons. The predicted molar refractivity (Wildman–Crippen MR) is 166 cm³/mol. The van der Waals surface area contributed by atoms with Crippen molar-refractivity contribution < 1.29 is 18.8 Å². The minimum Gasteiger partial charge on any atom is -0.344 e. The maximum Gasteiger partial charge on any atom is 0.274 e. The lowest BCUT2D eigenvalue weighted by Crippen LogP contribution is -2.50. The van der Waals surface area contributed by atoms with Crippen LogP contribution < -0.4 is 10.6 Å². The number of aromatic amines is 1. The number of imidazole rings is 1. The minimum atomic E-state index is -0.795. The number of nitrogens with zero attached hydrogens (tertiary/aromatic N) is 5. The van der Waals surface area contributed by atoms with Gasteiger partial charge in [0.05, 0.1) is 12.6 Å². The van der Waals surface area contributed by atoms with Crippen molar-refractivity contribution in [2.75, 3.05) is 13.1 Å². The summed E-state index contributed by atoms with van der Waals surface area (Å²) in [5, 5.41) is 10.7. The van der Waals surface area contributed by atoms with Crippen LogP contribution in [0.5, 0.6) is 0 Å². The molecule has 2 atom stereocenters. The Kier molecular flexibility index (Phi) is 9.70. The van der Waals surface area contributed by atoms with Gasteiger partial charge in [-0.05, 0) is 56.0 Å². The number of halogens is 1. The Bertz CT molecular complexity index is 1650. The number of carbonyl (C=O) groups is 3. The highest BCUT2D eigenvalue weighted by molar-refractivity contribution is 5.94. The van der Waals surface area contributed by atoms with E-state index in [2.05, 4.69) is 30.7 Å². The summed E-state index contributed by atoms with van der Waals surface area (Å²) >= 11 is 0. The molecule has 12 heteroatoms. The standard InChI is InChI=1S/C33H39FN8O3/c1-20(2)28-31-36-22(4)40-42(31)18-17-41(33(45)29-21(3)35-30(38-29)24-12-14-25(34)15-13-24)16-8-11-27(43)37-26(32(44)39-28)19-23-9-6-5-7-10-23/h5-7,9-10,12-15,20,26,28H,8,11,16-19H2,1-4H3,(H,35,38)(H,37,43)(H,39,44)/t26-,28+/m0/s1. The Balaban J connectivity index is 1.44. The molecule has 5 rings (SSSR count). The lowest BCUT2D eigenvalue weighted by molar-refractivity contribution is -0.129. The summed E-state index contributed by atoms with van der Waals surface area (Å²) in [5.41, 5.74) is 2.42. The number of amides is 3. The molecule has 0 fully saturated rings. The fourth-order valence-corrected chi connectivity index (χ4v) is 5.50. The van der Waals surface area contributed by atoms with Crippen LogP contribution in [0.4, 0.5) is 4.39 Å². The van der Waals surface area contributed by atoms with Crippen molar-refractivity contribution in [1.82, 2.24) is 40.3 Å². The summed E-state index contributed by atoms with van der Waals surface area (Å²) in [6, 6.07) is 14.2. The predicted octanol–water partition coefficient (Wildman–Crippen LogP) is 3.90. The van der Waals surface area contributed by atoms with Crippen LogP contribution in [0.25, 0.3) is 11.4 Å². The molecule has 3 amide bonds. The van der Waals surface area contributed by atoms with E-state index in [0.717, 1.165) is 5.56 Å². The van der Waals surface area contributed by atoms with E-state index in [1.807, 2.05) is 44.2 Å². The van der Waals surface area contributed by atoms with Gasteiger partial charge >= 0.3 is 0 Å². The average molecular weight is 615 g/mol. The average Bonchev–Trinajstić information content (AvgIpc) is 3.58. The number of hydrogen-bond acceptors (Lipinski definition) is 6. The van der Waals surface area contributed by atoms with Crippen molar-refractivity contribution in [3.8, 4) is 11.4 Å². The van der Waals surface area contributed by atoms with Crippen LogP contribution in [0, 0.1) is 25.6 Å². The van der Waals surface area contributed by atoms with E-state index in [-0.39, 0.29) is 54.7 Å². The van der Waals surface area contributed by atoms with Crippen LogP contribution in [0.2, 0.25) is 0 Å². The van der Waals surface area contributed by atoms with E-state index in [9.17, 15) is 18.8 Å². The first-order valence-electron chi connectivity index (χ1n) is 15.3. The molecule has 0 bridgehead atoms. The number of H-pyrrole nitrogens is 1. The highest BCUT2D eigenvalue weighted by Gasteiger charge is 2.30. The summed E-state index contributed by atoms with van der Waals surface area (Å²) in [7, 11) is 0. The Hall–Kier alpha value is -4.87. The number of benzene rings is 2. The smallest absolute Gasteiger partial charge is 0.274 e. The number of rotatable bonds is 5. The second kappa shape index (κ2) is 13.8. The van der Waals surface area contributed by atoms with E-state index in [0.29, 0.717) is 48.1 Å². The molecule has 3 N–H and O–H groups in total. The molecule has 0 aliphatic carbocycles. The van der Waals surface area contributed by atoms with Crippen molar-refractivity contribution in [3.63, 3.8) is 0 Å². The van der Waals surface area contributed by atoms with Gasteiger partial charge in [-0.15, -0.1) is 0 Å². The highest BCUT2D eigenvalue weighted by atomic mass is 19.1. The Morgan fingerprint density at radius 2 is 1.71 bits per heavy atom. The van der Waals surface area contributed by atoms with Crippen LogP contribution in [0.3, 0.4) is 0 Å². The lowest BCUT2D eigenvalue weighted by atomic mass is 10.0. The van der Waals surface area contributed by atoms with Gasteiger partial charge in [-0.1, -0.05) is 44.2 Å². The first kappa shape index (κ1) is 31.6. The Labute approximate surface area is 261 Å². The fourth-order valence-electron chi connectivity index (χ4n) is 5.50. The van der Waals surface area contributed by atoms with Crippen molar-refractivity contribution in [3.05, 3.63) is 89.0 Å². The molecule has 1 aliphatic rings. The van der Waals surface area contributed by atoms with E-state index in [1.54, 1.807) is 35.6 Å². The second-order valence-corrected chi connectivity index (χ2v) is 11.7. The lowest BCUT2D eigenvalue weighted by Gasteiger charge is -2.28. The van der Waals surface area contributed by atoms with Gasteiger partial charge in [-0.3, -0.25) is 14.4 Å². The van der Waals surface area contributed by atoms with E-state index >= 15 is 0 Å². The topological polar surface area (TPSA) is 138 Å². The molecular weight excluding hydrogens is 575 g/mol. The van der Waals surface area contributed by atoms with Gasteiger partial charge in [0.15, 0.2) is 0 Å². The maximum absolute atomic E-state index is 13.9.